The van der Waals surface area contributed by atoms with Gasteiger partial charge in [-0.05, 0) is 18.1 Å². The Labute approximate surface area is 130 Å². The first-order valence-corrected chi connectivity index (χ1v) is 7.16. The maximum atomic E-state index is 12.6. The van der Waals surface area contributed by atoms with Crippen LogP contribution < -0.4 is 0 Å². The second kappa shape index (κ2) is 7.43. The monoisotopic (exact) mass is 297 g/mol. The maximum absolute atomic E-state index is 12.6. The van der Waals surface area contributed by atoms with Gasteiger partial charge in [0.05, 0.1) is 12.2 Å². The number of benzene rings is 1. The number of hydrogen-bond donors (Lipinski definition) is 1. The molecule has 2 aromatic rings. The first-order valence-electron chi connectivity index (χ1n) is 7.16. The minimum atomic E-state index is -0.172. The molecule has 0 saturated heterocycles. The summed E-state index contributed by atoms with van der Waals surface area (Å²) in [5.74, 6) is -0.172. The average molecular weight is 297 g/mol. The predicted octanol–water partition coefficient (Wildman–Crippen LogP) is 1.57. The van der Waals surface area contributed by atoms with Gasteiger partial charge in [-0.15, -0.1) is 0 Å². The molecule has 1 aromatic carbocycles. The largest absolute Gasteiger partial charge is 0.395 e. The summed E-state index contributed by atoms with van der Waals surface area (Å²) in [6, 6.07) is 13.5. The zero-order chi connectivity index (χ0) is 15.9. The molecule has 2 rings (SSSR count). The lowest BCUT2D eigenvalue weighted by atomic mass is 10.1. The summed E-state index contributed by atoms with van der Waals surface area (Å²) in [5, 5.41) is 18.1. The van der Waals surface area contributed by atoms with Crippen LogP contribution in [0.4, 0.5) is 0 Å². The molecular weight excluding hydrogens is 278 g/mol. The van der Waals surface area contributed by atoms with Gasteiger partial charge < -0.3 is 14.6 Å². The lowest BCUT2D eigenvalue weighted by Crippen LogP contribution is -2.36. The molecule has 0 spiro atoms. The molecule has 0 aliphatic carbocycles. The second-order valence-corrected chi connectivity index (χ2v) is 5.09. The first-order chi connectivity index (χ1) is 10.7. The Balaban J connectivity index is 2.11. The van der Waals surface area contributed by atoms with Crippen LogP contribution in [0.5, 0.6) is 0 Å². The van der Waals surface area contributed by atoms with Gasteiger partial charge >= 0.3 is 0 Å². The summed E-state index contributed by atoms with van der Waals surface area (Å²) < 4.78 is 1.65. The average Bonchev–Trinajstić information content (AvgIpc) is 2.93. The lowest BCUT2D eigenvalue weighted by Gasteiger charge is -2.22. The molecule has 1 heterocycles. The second-order valence-electron chi connectivity index (χ2n) is 5.09. The Morgan fingerprint density at radius 3 is 2.64 bits per heavy atom. The van der Waals surface area contributed by atoms with Gasteiger partial charge in [0.2, 0.25) is 0 Å². The summed E-state index contributed by atoms with van der Waals surface area (Å²) in [4.78, 5) is 14.2. The molecule has 1 amide bonds. The van der Waals surface area contributed by atoms with E-state index in [4.69, 9.17) is 5.26 Å². The third-order valence-electron chi connectivity index (χ3n) is 3.52. The Hall–Kier alpha value is -2.58. The summed E-state index contributed by atoms with van der Waals surface area (Å²) in [6.07, 6.45) is 2.35. The van der Waals surface area contributed by atoms with Crippen molar-refractivity contribution in [3.63, 3.8) is 0 Å². The van der Waals surface area contributed by atoms with E-state index in [0.717, 1.165) is 12.0 Å². The van der Waals surface area contributed by atoms with Crippen LogP contribution in [0, 0.1) is 11.3 Å². The number of nitriles is 1. The van der Waals surface area contributed by atoms with Crippen molar-refractivity contribution < 1.29 is 9.90 Å². The van der Waals surface area contributed by atoms with Crippen molar-refractivity contribution in [3.8, 4) is 6.07 Å². The molecule has 0 unspecified atom stereocenters. The molecule has 5 heteroatoms. The SMILES string of the molecule is Cn1cc(C#N)cc1C(=O)N(CCO)CCc1ccccc1. The van der Waals surface area contributed by atoms with E-state index in [1.54, 1.807) is 28.8 Å². The minimum absolute atomic E-state index is 0.0872. The molecule has 0 bridgehead atoms. The molecule has 22 heavy (non-hydrogen) atoms. The number of rotatable bonds is 6. The van der Waals surface area contributed by atoms with Crippen LogP contribution in [-0.4, -0.2) is 40.2 Å². The van der Waals surface area contributed by atoms with E-state index >= 15 is 0 Å². The number of carbonyl (C=O) groups is 1. The van der Waals surface area contributed by atoms with Crippen molar-refractivity contribution in [2.45, 2.75) is 6.42 Å². The minimum Gasteiger partial charge on any atom is -0.395 e. The topological polar surface area (TPSA) is 69.3 Å². The number of carbonyl (C=O) groups excluding carboxylic acids is 1. The number of aryl methyl sites for hydroxylation is 1. The van der Waals surface area contributed by atoms with Gasteiger partial charge in [-0.25, -0.2) is 0 Å². The van der Waals surface area contributed by atoms with Crippen molar-refractivity contribution in [2.24, 2.45) is 7.05 Å². The van der Waals surface area contributed by atoms with Crippen LogP contribution in [0.25, 0.3) is 0 Å². The molecule has 0 aliphatic rings. The zero-order valence-corrected chi connectivity index (χ0v) is 12.6. The third kappa shape index (κ3) is 3.74. The summed E-state index contributed by atoms with van der Waals surface area (Å²) in [5.41, 5.74) is 2.05. The molecule has 0 radical (unpaired) electrons. The van der Waals surface area contributed by atoms with E-state index in [-0.39, 0.29) is 19.1 Å². The molecule has 0 saturated carbocycles. The van der Waals surface area contributed by atoms with Crippen molar-refractivity contribution in [1.29, 1.82) is 5.26 Å². The fraction of sp³-hybridized carbons (Fsp3) is 0.294. The lowest BCUT2D eigenvalue weighted by molar-refractivity contribution is 0.0714. The number of amides is 1. The maximum Gasteiger partial charge on any atom is 0.270 e. The van der Waals surface area contributed by atoms with E-state index in [1.165, 1.54) is 0 Å². The first kappa shape index (κ1) is 15.8. The molecule has 114 valence electrons. The van der Waals surface area contributed by atoms with Crippen LogP contribution in [0.1, 0.15) is 21.6 Å². The number of hydrogen-bond acceptors (Lipinski definition) is 3. The van der Waals surface area contributed by atoms with Crippen LogP contribution in [0.3, 0.4) is 0 Å². The van der Waals surface area contributed by atoms with Crippen molar-refractivity contribution in [3.05, 3.63) is 59.4 Å². The highest BCUT2D eigenvalue weighted by Gasteiger charge is 2.19. The van der Waals surface area contributed by atoms with Gasteiger partial charge in [-0.1, -0.05) is 30.3 Å². The third-order valence-corrected chi connectivity index (χ3v) is 3.52. The van der Waals surface area contributed by atoms with Crippen LogP contribution in [-0.2, 0) is 13.5 Å². The van der Waals surface area contributed by atoms with Gasteiger partial charge in [0, 0.05) is 26.3 Å². The van der Waals surface area contributed by atoms with E-state index in [9.17, 15) is 9.90 Å². The Morgan fingerprint density at radius 1 is 1.32 bits per heavy atom. The Kier molecular flexibility index (Phi) is 5.34. The molecule has 0 fully saturated rings. The van der Waals surface area contributed by atoms with Crippen LogP contribution >= 0.6 is 0 Å². The van der Waals surface area contributed by atoms with Gasteiger partial charge in [0.1, 0.15) is 11.8 Å². The highest BCUT2D eigenvalue weighted by molar-refractivity contribution is 5.93. The molecule has 0 atom stereocenters. The molecule has 1 aromatic heterocycles. The highest BCUT2D eigenvalue weighted by atomic mass is 16.3. The van der Waals surface area contributed by atoms with Gasteiger partial charge in [0.15, 0.2) is 0 Å². The van der Waals surface area contributed by atoms with Gasteiger partial charge in [-0.3, -0.25) is 4.79 Å². The van der Waals surface area contributed by atoms with E-state index in [1.807, 2.05) is 36.4 Å². The quantitative estimate of drug-likeness (QED) is 0.880. The molecule has 0 aliphatic heterocycles. The molecular formula is C17H19N3O2. The van der Waals surface area contributed by atoms with Gasteiger partial charge in [0.25, 0.3) is 5.91 Å². The van der Waals surface area contributed by atoms with Crippen molar-refractivity contribution >= 4 is 5.91 Å². The number of aliphatic hydroxyl groups excluding tert-OH is 1. The number of aliphatic hydroxyl groups is 1. The smallest absolute Gasteiger partial charge is 0.270 e. The van der Waals surface area contributed by atoms with Crippen molar-refractivity contribution in [1.82, 2.24) is 9.47 Å². The van der Waals surface area contributed by atoms with Crippen LogP contribution in [0.15, 0.2) is 42.6 Å². The molecule has 5 nitrogen and oxygen atoms in total. The summed E-state index contributed by atoms with van der Waals surface area (Å²) >= 11 is 0. The summed E-state index contributed by atoms with van der Waals surface area (Å²) in [6.45, 7) is 0.714. The molecule has 1 N–H and O–H groups in total. The van der Waals surface area contributed by atoms with E-state index in [0.29, 0.717) is 17.8 Å². The standard InChI is InChI=1S/C17H19N3O2/c1-19-13-15(12-18)11-16(19)17(22)20(9-10-21)8-7-14-5-3-2-4-6-14/h2-6,11,13,21H,7-10H2,1H3. The Bertz CT molecular complexity index is 671. The number of aromatic nitrogens is 1. The normalized spacial score (nSPS) is 10.2. The van der Waals surface area contributed by atoms with E-state index in [2.05, 4.69) is 0 Å². The predicted molar refractivity (Wildman–Crippen MR) is 83.3 cm³/mol. The summed E-state index contributed by atoms with van der Waals surface area (Å²) in [7, 11) is 1.74. The van der Waals surface area contributed by atoms with Crippen LogP contribution in [0.2, 0.25) is 0 Å². The fourth-order valence-electron chi connectivity index (χ4n) is 2.34. The van der Waals surface area contributed by atoms with E-state index < -0.39 is 0 Å². The Morgan fingerprint density at radius 2 is 2.05 bits per heavy atom. The zero-order valence-electron chi connectivity index (χ0n) is 12.6. The fourth-order valence-corrected chi connectivity index (χ4v) is 2.34. The van der Waals surface area contributed by atoms with Gasteiger partial charge in [-0.2, -0.15) is 5.26 Å². The highest BCUT2D eigenvalue weighted by Crippen LogP contribution is 2.11. The number of nitrogens with zero attached hydrogens (tertiary/aromatic N) is 3. The van der Waals surface area contributed by atoms with Crippen molar-refractivity contribution in [2.75, 3.05) is 19.7 Å².